The van der Waals surface area contributed by atoms with Gasteiger partial charge in [-0.25, -0.2) is 0 Å². The van der Waals surface area contributed by atoms with Gasteiger partial charge >= 0.3 is 0 Å². The van der Waals surface area contributed by atoms with E-state index in [0.717, 1.165) is 29.2 Å². The van der Waals surface area contributed by atoms with E-state index >= 15 is 0 Å². The van der Waals surface area contributed by atoms with E-state index < -0.39 is 0 Å². The summed E-state index contributed by atoms with van der Waals surface area (Å²) in [5.41, 5.74) is 7.59. The summed E-state index contributed by atoms with van der Waals surface area (Å²) in [6.07, 6.45) is 1.78. The van der Waals surface area contributed by atoms with Crippen molar-refractivity contribution in [2.45, 2.75) is 37.7 Å². The van der Waals surface area contributed by atoms with Gasteiger partial charge in [0.05, 0.1) is 12.2 Å². The zero-order valence-corrected chi connectivity index (χ0v) is 12.1. The molecule has 2 aromatic rings. The second kappa shape index (κ2) is 6.61. The van der Waals surface area contributed by atoms with Gasteiger partial charge in [0.1, 0.15) is 0 Å². The summed E-state index contributed by atoms with van der Waals surface area (Å²) in [6.45, 7) is 4.39. The monoisotopic (exact) mass is 277 g/mol. The van der Waals surface area contributed by atoms with E-state index in [4.69, 9.17) is 10.3 Å². The third-order valence-electron chi connectivity index (χ3n) is 2.89. The highest BCUT2D eigenvalue weighted by Crippen LogP contribution is 2.18. The maximum atomic E-state index is 5.74. The Morgan fingerprint density at radius 1 is 1.42 bits per heavy atom. The smallest absolute Gasteiger partial charge is 0.231 e. The number of nitrogens with zero attached hydrogens (tertiary/aromatic N) is 2. The van der Waals surface area contributed by atoms with Crippen molar-refractivity contribution >= 4 is 17.4 Å². The van der Waals surface area contributed by atoms with Crippen molar-refractivity contribution in [3.63, 3.8) is 0 Å². The van der Waals surface area contributed by atoms with Crippen LogP contribution in [0.15, 0.2) is 28.8 Å². The highest BCUT2D eigenvalue weighted by atomic mass is 32.2. The molecule has 5 heteroatoms. The molecule has 0 aliphatic rings. The second-order valence-electron chi connectivity index (χ2n) is 4.56. The van der Waals surface area contributed by atoms with Gasteiger partial charge < -0.3 is 10.3 Å². The minimum atomic E-state index is 0.621. The number of nitrogens with two attached hydrogens (primary N) is 1. The van der Waals surface area contributed by atoms with Gasteiger partial charge in [-0.05, 0) is 24.1 Å². The highest BCUT2D eigenvalue weighted by Gasteiger charge is 2.09. The van der Waals surface area contributed by atoms with E-state index in [1.807, 2.05) is 36.0 Å². The molecule has 0 spiro atoms. The first kappa shape index (κ1) is 13.9. The van der Waals surface area contributed by atoms with Crippen LogP contribution in [0.3, 0.4) is 0 Å². The first-order valence-electron chi connectivity index (χ1n) is 6.45. The molecule has 0 aliphatic heterocycles. The lowest BCUT2D eigenvalue weighted by Crippen LogP contribution is -1.95. The molecule has 0 aliphatic carbocycles. The fourth-order valence-corrected chi connectivity index (χ4v) is 2.42. The summed E-state index contributed by atoms with van der Waals surface area (Å²) >= 11 is 1.85. The molecule has 1 aromatic heterocycles. The van der Waals surface area contributed by atoms with Crippen LogP contribution >= 0.6 is 11.8 Å². The van der Waals surface area contributed by atoms with Crippen molar-refractivity contribution in [1.29, 1.82) is 0 Å². The van der Waals surface area contributed by atoms with Gasteiger partial charge in [0.15, 0.2) is 5.82 Å². The summed E-state index contributed by atoms with van der Waals surface area (Å²) in [5, 5.41) is 4.62. The minimum absolute atomic E-state index is 0.621. The van der Waals surface area contributed by atoms with Gasteiger partial charge in [-0.15, -0.1) is 0 Å². The molecule has 4 nitrogen and oxygen atoms in total. The van der Waals surface area contributed by atoms with Crippen LogP contribution in [-0.4, -0.2) is 15.4 Å². The summed E-state index contributed by atoms with van der Waals surface area (Å²) in [4.78, 5) is 4.40. The summed E-state index contributed by atoms with van der Waals surface area (Å²) in [5.74, 6) is 2.21. The number of anilines is 1. The van der Waals surface area contributed by atoms with E-state index in [1.165, 1.54) is 0 Å². The number of thioether (sulfide) groups is 1. The Morgan fingerprint density at radius 2 is 2.26 bits per heavy atom. The molecule has 102 valence electrons. The lowest BCUT2D eigenvalue weighted by Gasteiger charge is -2.04. The Bertz CT molecular complexity index is 527. The lowest BCUT2D eigenvalue weighted by molar-refractivity contribution is 0.381. The molecular weight excluding hydrogens is 258 g/mol. The van der Waals surface area contributed by atoms with Crippen LogP contribution in [-0.2, 0) is 12.2 Å². The van der Waals surface area contributed by atoms with Crippen molar-refractivity contribution in [2.75, 3.05) is 5.73 Å². The fraction of sp³-hybridized carbons (Fsp3) is 0.429. The Labute approximate surface area is 117 Å². The van der Waals surface area contributed by atoms with Gasteiger partial charge in [-0.1, -0.05) is 31.1 Å². The van der Waals surface area contributed by atoms with Crippen molar-refractivity contribution in [1.82, 2.24) is 10.1 Å². The normalized spacial score (nSPS) is 12.5. The van der Waals surface area contributed by atoms with Crippen molar-refractivity contribution in [3.8, 4) is 0 Å². The van der Waals surface area contributed by atoms with Crippen molar-refractivity contribution < 1.29 is 4.52 Å². The first-order valence-corrected chi connectivity index (χ1v) is 7.49. The average Bonchev–Trinajstić information content (AvgIpc) is 2.83. The van der Waals surface area contributed by atoms with Crippen molar-refractivity contribution in [2.24, 2.45) is 0 Å². The standard InChI is InChI=1S/C14H19N3OS/c1-3-10(2)19-9-13-16-14(18-17-13)8-11-5-4-6-12(15)7-11/h4-7,10H,3,8-9,15H2,1-2H3. The molecule has 1 atom stereocenters. The zero-order valence-electron chi connectivity index (χ0n) is 11.3. The van der Waals surface area contributed by atoms with E-state index in [0.29, 0.717) is 17.6 Å². The second-order valence-corrected chi connectivity index (χ2v) is 5.98. The summed E-state index contributed by atoms with van der Waals surface area (Å²) in [7, 11) is 0. The predicted octanol–water partition coefficient (Wildman–Crippen LogP) is 3.27. The Kier molecular flexibility index (Phi) is 4.85. The van der Waals surface area contributed by atoms with Crippen LogP contribution in [0, 0.1) is 0 Å². The summed E-state index contributed by atoms with van der Waals surface area (Å²) < 4.78 is 5.26. The van der Waals surface area contributed by atoms with E-state index in [1.54, 1.807) is 0 Å². The van der Waals surface area contributed by atoms with Crippen LogP contribution in [0.1, 0.15) is 37.5 Å². The molecular formula is C14H19N3OS. The molecule has 1 unspecified atom stereocenters. The predicted molar refractivity (Wildman–Crippen MR) is 79.0 cm³/mol. The quantitative estimate of drug-likeness (QED) is 0.821. The maximum absolute atomic E-state index is 5.74. The minimum Gasteiger partial charge on any atom is -0.399 e. The van der Waals surface area contributed by atoms with Gasteiger partial charge in [0.2, 0.25) is 5.89 Å². The van der Waals surface area contributed by atoms with Crippen LogP contribution in [0.25, 0.3) is 0 Å². The molecule has 2 N–H and O–H groups in total. The molecule has 0 fully saturated rings. The van der Waals surface area contributed by atoms with Crippen LogP contribution in [0.2, 0.25) is 0 Å². The average molecular weight is 277 g/mol. The Balaban J connectivity index is 1.94. The topological polar surface area (TPSA) is 64.9 Å². The van der Waals surface area contributed by atoms with Gasteiger partial charge in [0.25, 0.3) is 0 Å². The van der Waals surface area contributed by atoms with Gasteiger partial charge in [0, 0.05) is 10.9 Å². The van der Waals surface area contributed by atoms with Gasteiger partial charge in [-0.2, -0.15) is 16.7 Å². The van der Waals surface area contributed by atoms with Gasteiger partial charge in [-0.3, -0.25) is 0 Å². The molecule has 2 rings (SSSR count). The molecule has 0 saturated heterocycles. The van der Waals surface area contributed by atoms with E-state index in [2.05, 4.69) is 24.0 Å². The summed E-state index contributed by atoms with van der Waals surface area (Å²) in [6, 6.07) is 7.73. The number of aromatic nitrogens is 2. The highest BCUT2D eigenvalue weighted by molar-refractivity contribution is 7.99. The van der Waals surface area contributed by atoms with E-state index in [9.17, 15) is 0 Å². The number of nitrogen functional groups attached to an aromatic ring is 1. The van der Waals surface area contributed by atoms with Crippen molar-refractivity contribution in [3.05, 3.63) is 41.5 Å². The Hall–Kier alpha value is -1.49. The maximum Gasteiger partial charge on any atom is 0.231 e. The zero-order chi connectivity index (χ0) is 13.7. The molecule has 0 radical (unpaired) electrons. The number of benzene rings is 1. The first-order chi connectivity index (χ1) is 9.17. The third-order valence-corrected chi connectivity index (χ3v) is 4.22. The number of rotatable bonds is 6. The Morgan fingerprint density at radius 3 is 3.00 bits per heavy atom. The number of hydrogen-bond acceptors (Lipinski definition) is 5. The molecule has 1 heterocycles. The molecule has 0 saturated carbocycles. The molecule has 0 amide bonds. The van der Waals surface area contributed by atoms with Crippen LogP contribution in [0.5, 0.6) is 0 Å². The largest absolute Gasteiger partial charge is 0.399 e. The fourth-order valence-electron chi connectivity index (χ4n) is 1.63. The SMILES string of the molecule is CCC(C)SCc1noc(Cc2cccc(N)c2)n1. The van der Waals surface area contributed by atoms with E-state index in [-0.39, 0.29) is 0 Å². The van der Waals surface area contributed by atoms with Crippen LogP contribution < -0.4 is 5.73 Å². The molecule has 1 aromatic carbocycles. The molecule has 19 heavy (non-hydrogen) atoms. The number of hydrogen-bond donors (Lipinski definition) is 1. The lowest BCUT2D eigenvalue weighted by atomic mass is 10.1. The third kappa shape index (κ3) is 4.28. The molecule has 0 bridgehead atoms. The van der Waals surface area contributed by atoms with Crippen LogP contribution in [0.4, 0.5) is 5.69 Å².